The van der Waals surface area contributed by atoms with E-state index in [-0.39, 0.29) is 24.5 Å². The molecule has 8 nitrogen and oxygen atoms in total. The SMILES string of the molecule is COc1cccc([C@H]2CC(c3ccc4c(c3)OCO4)=NC3(CCN(C(C)=O)CC3)N2)c1O. The molecule has 2 aromatic carbocycles. The first-order valence-electron chi connectivity index (χ1n) is 10.9. The summed E-state index contributed by atoms with van der Waals surface area (Å²) < 4.78 is 16.4. The largest absolute Gasteiger partial charge is 0.504 e. The fraction of sp³-hybridized carbons (Fsp3) is 0.417. The van der Waals surface area contributed by atoms with E-state index in [1.807, 2.05) is 35.2 Å². The number of carbonyl (C=O) groups is 1. The molecule has 3 aliphatic rings. The van der Waals surface area contributed by atoms with E-state index >= 15 is 0 Å². The molecular formula is C24H27N3O5. The Bertz CT molecular complexity index is 1080. The number of phenols is 1. The van der Waals surface area contributed by atoms with Gasteiger partial charge >= 0.3 is 0 Å². The van der Waals surface area contributed by atoms with E-state index in [1.54, 1.807) is 20.1 Å². The van der Waals surface area contributed by atoms with E-state index in [4.69, 9.17) is 19.2 Å². The second kappa shape index (κ2) is 8.02. The Morgan fingerprint density at radius 2 is 2.00 bits per heavy atom. The van der Waals surface area contributed by atoms with Crippen LogP contribution >= 0.6 is 0 Å². The third-order valence-corrected chi connectivity index (χ3v) is 6.56. The van der Waals surface area contributed by atoms with E-state index in [0.29, 0.717) is 43.9 Å². The molecule has 3 heterocycles. The highest BCUT2D eigenvalue weighted by Crippen LogP contribution is 2.41. The van der Waals surface area contributed by atoms with Crippen LogP contribution in [0.15, 0.2) is 41.4 Å². The highest BCUT2D eigenvalue weighted by molar-refractivity contribution is 6.02. The summed E-state index contributed by atoms with van der Waals surface area (Å²) in [7, 11) is 1.55. The van der Waals surface area contributed by atoms with Crippen LogP contribution in [-0.4, -0.2) is 54.3 Å². The Morgan fingerprint density at radius 1 is 1.22 bits per heavy atom. The lowest BCUT2D eigenvalue weighted by atomic mass is 9.87. The summed E-state index contributed by atoms with van der Waals surface area (Å²) in [4.78, 5) is 18.9. The van der Waals surface area contributed by atoms with Gasteiger partial charge in [0, 0.05) is 56.6 Å². The second-order valence-corrected chi connectivity index (χ2v) is 8.46. The molecular weight excluding hydrogens is 410 g/mol. The van der Waals surface area contributed by atoms with Crippen molar-refractivity contribution in [2.24, 2.45) is 4.99 Å². The minimum atomic E-state index is -0.518. The second-order valence-electron chi connectivity index (χ2n) is 8.46. The van der Waals surface area contributed by atoms with Crippen molar-refractivity contribution in [1.82, 2.24) is 10.2 Å². The first-order chi connectivity index (χ1) is 15.5. The molecule has 2 N–H and O–H groups in total. The molecule has 0 aromatic heterocycles. The van der Waals surface area contributed by atoms with Crippen LogP contribution in [0, 0.1) is 0 Å². The van der Waals surface area contributed by atoms with Gasteiger partial charge in [-0.3, -0.25) is 15.1 Å². The number of phenolic OH excluding ortho intramolecular Hbond substituents is 1. The Balaban J connectivity index is 1.53. The van der Waals surface area contributed by atoms with Crippen LogP contribution in [-0.2, 0) is 4.79 Å². The minimum absolute atomic E-state index is 0.0811. The molecule has 0 saturated carbocycles. The number of carbonyl (C=O) groups excluding carboxylic acids is 1. The van der Waals surface area contributed by atoms with Crippen molar-refractivity contribution in [2.45, 2.75) is 37.9 Å². The zero-order valence-corrected chi connectivity index (χ0v) is 18.3. The van der Waals surface area contributed by atoms with E-state index in [1.165, 1.54) is 0 Å². The summed E-state index contributed by atoms with van der Waals surface area (Å²) in [6, 6.07) is 11.3. The highest BCUT2D eigenvalue weighted by Gasteiger charge is 2.41. The Kier molecular flexibility index (Phi) is 5.17. The van der Waals surface area contributed by atoms with Crippen LogP contribution in [0.5, 0.6) is 23.0 Å². The molecule has 1 saturated heterocycles. The molecule has 0 aliphatic carbocycles. The van der Waals surface area contributed by atoms with Crippen LogP contribution in [0.1, 0.15) is 43.4 Å². The molecule has 168 valence electrons. The number of ether oxygens (including phenoxy) is 3. The fourth-order valence-corrected chi connectivity index (χ4v) is 4.78. The summed E-state index contributed by atoms with van der Waals surface area (Å²) in [6.45, 7) is 3.09. The maximum Gasteiger partial charge on any atom is 0.231 e. The molecule has 8 heteroatoms. The number of hydrogen-bond donors (Lipinski definition) is 2. The number of hydrogen-bond acceptors (Lipinski definition) is 7. The van der Waals surface area contributed by atoms with Gasteiger partial charge in [0.2, 0.25) is 12.7 Å². The number of benzene rings is 2. The number of fused-ring (bicyclic) bond motifs is 1. The molecule has 1 atom stereocenters. The molecule has 0 bridgehead atoms. The first-order valence-corrected chi connectivity index (χ1v) is 10.9. The molecule has 1 amide bonds. The van der Waals surface area contributed by atoms with Gasteiger partial charge in [0.15, 0.2) is 23.0 Å². The van der Waals surface area contributed by atoms with Gasteiger partial charge < -0.3 is 24.2 Å². The number of piperidine rings is 1. The first kappa shape index (κ1) is 20.6. The monoisotopic (exact) mass is 437 g/mol. The van der Waals surface area contributed by atoms with Gasteiger partial charge in [-0.15, -0.1) is 0 Å². The smallest absolute Gasteiger partial charge is 0.231 e. The Hall–Kier alpha value is -3.26. The van der Waals surface area contributed by atoms with Gasteiger partial charge in [-0.1, -0.05) is 12.1 Å². The summed E-state index contributed by atoms with van der Waals surface area (Å²) in [5, 5.41) is 14.5. The van der Waals surface area contributed by atoms with Crippen molar-refractivity contribution in [3.8, 4) is 23.0 Å². The normalized spacial score (nSPS) is 21.4. The number of aliphatic imine (C=N–C) groups is 1. The van der Waals surface area contributed by atoms with Crippen molar-refractivity contribution >= 4 is 11.6 Å². The molecule has 3 aliphatic heterocycles. The number of likely N-dealkylation sites (tertiary alicyclic amines) is 1. The predicted molar refractivity (Wildman–Crippen MR) is 118 cm³/mol. The molecule has 2 aromatic rings. The lowest BCUT2D eigenvalue weighted by Gasteiger charge is -2.45. The number of aromatic hydroxyl groups is 1. The molecule has 1 spiro atoms. The fourth-order valence-electron chi connectivity index (χ4n) is 4.78. The summed E-state index contributed by atoms with van der Waals surface area (Å²) in [5.74, 6) is 2.10. The van der Waals surface area contributed by atoms with Crippen LogP contribution in [0.2, 0.25) is 0 Å². The molecule has 32 heavy (non-hydrogen) atoms. The van der Waals surface area contributed by atoms with E-state index in [2.05, 4.69) is 5.32 Å². The van der Waals surface area contributed by atoms with E-state index < -0.39 is 5.66 Å². The van der Waals surface area contributed by atoms with Crippen molar-refractivity contribution in [1.29, 1.82) is 0 Å². The summed E-state index contributed by atoms with van der Waals surface area (Å²) in [5.41, 5.74) is 2.16. The zero-order chi connectivity index (χ0) is 22.3. The number of para-hydroxylation sites is 1. The number of amides is 1. The van der Waals surface area contributed by atoms with Gasteiger partial charge in [0.05, 0.1) is 7.11 Å². The van der Waals surface area contributed by atoms with Crippen LogP contribution in [0.3, 0.4) is 0 Å². The number of methoxy groups -OCH3 is 1. The molecule has 0 unspecified atom stereocenters. The van der Waals surface area contributed by atoms with Crippen LogP contribution in [0.25, 0.3) is 0 Å². The van der Waals surface area contributed by atoms with Crippen molar-refractivity contribution in [2.75, 3.05) is 27.0 Å². The quantitative estimate of drug-likeness (QED) is 0.767. The van der Waals surface area contributed by atoms with Gasteiger partial charge in [0.25, 0.3) is 0 Å². The van der Waals surface area contributed by atoms with Gasteiger partial charge in [0.1, 0.15) is 5.66 Å². The Morgan fingerprint density at radius 3 is 2.75 bits per heavy atom. The molecule has 5 rings (SSSR count). The van der Waals surface area contributed by atoms with Gasteiger partial charge in [-0.05, 0) is 29.8 Å². The molecule has 1 fully saturated rings. The highest BCUT2D eigenvalue weighted by atomic mass is 16.7. The van der Waals surface area contributed by atoms with E-state index in [9.17, 15) is 9.90 Å². The van der Waals surface area contributed by atoms with Crippen molar-refractivity contribution in [3.63, 3.8) is 0 Å². The van der Waals surface area contributed by atoms with Crippen LogP contribution in [0.4, 0.5) is 0 Å². The zero-order valence-electron chi connectivity index (χ0n) is 18.3. The van der Waals surface area contributed by atoms with Crippen LogP contribution < -0.4 is 19.5 Å². The molecule has 0 radical (unpaired) electrons. The standard InChI is InChI=1S/C24H27N3O5/c1-15(28)27-10-8-24(9-11-27)25-18(16-6-7-20-22(12-16)32-14-31-20)13-19(26-24)17-4-3-5-21(30-2)23(17)29/h3-7,12,19,26,29H,8-11,13-14H2,1-2H3/t19-/m1/s1. The van der Waals surface area contributed by atoms with Crippen molar-refractivity contribution < 1.29 is 24.1 Å². The van der Waals surface area contributed by atoms with Gasteiger partial charge in [-0.2, -0.15) is 0 Å². The number of nitrogens with zero attached hydrogens (tertiary/aromatic N) is 2. The number of rotatable bonds is 3. The maximum atomic E-state index is 11.9. The number of nitrogens with one attached hydrogen (secondary N) is 1. The summed E-state index contributed by atoms with van der Waals surface area (Å²) >= 11 is 0. The lowest BCUT2D eigenvalue weighted by Crippen LogP contribution is -2.56. The average Bonchev–Trinajstić information content (AvgIpc) is 3.27. The minimum Gasteiger partial charge on any atom is -0.504 e. The average molecular weight is 437 g/mol. The maximum absolute atomic E-state index is 11.9. The van der Waals surface area contributed by atoms with E-state index in [0.717, 1.165) is 22.6 Å². The van der Waals surface area contributed by atoms with Crippen molar-refractivity contribution in [3.05, 3.63) is 47.5 Å². The summed E-state index contributed by atoms with van der Waals surface area (Å²) in [6.07, 6.45) is 1.99. The lowest BCUT2D eigenvalue weighted by molar-refractivity contribution is -0.130. The Labute approximate surface area is 186 Å². The topological polar surface area (TPSA) is 92.6 Å². The third kappa shape index (κ3) is 3.64. The van der Waals surface area contributed by atoms with Gasteiger partial charge in [-0.25, -0.2) is 0 Å². The third-order valence-electron chi connectivity index (χ3n) is 6.56. The predicted octanol–water partition coefficient (Wildman–Crippen LogP) is 2.99.